The number of anilines is 1. The number of rotatable bonds is 7. The second-order valence-electron chi connectivity index (χ2n) is 9.99. The third kappa shape index (κ3) is 3.58. The van der Waals surface area contributed by atoms with Gasteiger partial charge in [-0.1, -0.05) is 54.6 Å². The summed E-state index contributed by atoms with van der Waals surface area (Å²) in [6.45, 7) is 2.66. The van der Waals surface area contributed by atoms with E-state index in [2.05, 4.69) is 102 Å². The topological polar surface area (TPSA) is 39.7 Å². The minimum atomic E-state index is -0.403. The quantitative estimate of drug-likeness (QED) is 0.293. The minimum absolute atomic E-state index is 0.0602. The number of hydrogen-bond acceptors (Lipinski definition) is 4. The van der Waals surface area contributed by atoms with Crippen LogP contribution >= 0.6 is 0 Å². The van der Waals surface area contributed by atoms with Gasteiger partial charge < -0.3 is 19.5 Å². The van der Waals surface area contributed by atoms with Gasteiger partial charge in [0.2, 0.25) is 0 Å². The Balaban J connectivity index is 1.69. The van der Waals surface area contributed by atoms with Gasteiger partial charge in [0.05, 0.1) is 32.3 Å². The number of ether oxygens (including phenoxy) is 3. The second-order valence-corrected chi connectivity index (χ2v) is 9.99. The average Bonchev–Trinajstić information content (AvgIpc) is 3.75. The Morgan fingerprint density at radius 1 is 0.730 bits per heavy atom. The van der Waals surface area contributed by atoms with Crippen LogP contribution in [-0.2, 0) is 5.41 Å². The van der Waals surface area contributed by atoms with Gasteiger partial charge in [-0.25, -0.2) is 0 Å². The summed E-state index contributed by atoms with van der Waals surface area (Å²) in [5.74, 6) is 2.61. The highest BCUT2D eigenvalue weighted by molar-refractivity contribution is 5.71. The van der Waals surface area contributed by atoms with Crippen LogP contribution in [0.5, 0.6) is 17.2 Å². The Kier molecular flexibility index (Phi) is 5.83. The molecule has 1 N–H and O–H groups in total. The molecule has 0 amide bonds. The Labute approximate surface area is 219 Å². The third-order valence-corrected chi connectivity index (χ3v) is 8.27. The molecule has 0 bridgehead atoms. The fourth-order valence-electron chi connectivity index (χ4n) is 6.58. The lowest BCUT2D eigenvalue weighted by Crippen LogP contribution is -2.48. The van der Waals surface area contributed by atoms with E-state index < -0.39 is 5.41 Å². The lowest BCUT2D eigenvalue weighted by atomic mass is 9.54. The molecule has 1 aliphatic carbocycles. The van der Waals surface area contributed by atoms with E-state index in [9.17, 15) is 0 Å². The highest BCUT2D eigenvalue weighted by Crippen LogP contribution is 2.73. The summed E-state index contributed by atoms with van der Waals surface area (Å²) in [5, 5.41) is 3.97. The van der Waals surface area contributed by atoms with E-state index in [-0.39, 0.29) is 11.5 Å². The Bertz CT molecular complexity index is 1330. The Morgan fingerprint density at radius 2 is 1.30 bits per heavy atom. The predicted octanol–water partition coefficient (Wildman–Crippen LogP) is 7.38. The number of methoxy groups -OCH3 is 2. The molecule has 4 heteroatoms. The molecule has 4 aromatic carbocycles. The molecule has 4 aromatic rings. The lowest BCUT2D eigenvalue weighted by Gasteiger charge is -2.52. The van der Waals surface area contributed by atoms with Crippen LogP contribution in [0.4, 0.5) is 5.69 Å². The van der Waals surface area contributed by atoms with Gasteiger partial charge in [-0.15, -0.1) is 0 Å². The average molecular weight is 492 g/mol. The van der Waals surface area contributed by atoms with Crippen molar-refractivity contribution in [2.75, 3.05) is 26.1 Å². The molecule has 0 radical (unpaired) electrons. The zero-order chi connectivity index (χ0) is 25.5. The summed E-state index contributed by atoms with van der Waals surface area (Å²) in [4.78, 5) is 0. The van der Waals surface area contributed by atoms with E-state index in [0.29, 0.717) is 6.61 Å². The van der Waals surface area contributed by atoms with Crippen LogP contribution in [0.2, 0.25) is 0 Å². The summed E-state index contributed by atoms with van der Waals surface area (Å²) in [6.07, 6.45) is 2.21. The number of nitrogens with one attached hydrogen (secondary N) is 1. The SMILES string of the molecule is CCOc1ccc2c(c1)C(c1ccc(OC)cc1)(c1ccc(OC)cc1)C1(CC1)C(c1ccccc1)N2. The number of hydrogen-bond donors (Lipinski definition) is 1. The molecule has 4 nitrogen and oxygen atoms in total. The molecule has 0 aromatic heterocycles. The van der Waals surface area contributed by atoms with Gasteiger partial charge in [0.15, 0.2) is 0 Å². The van der Waals surface area contributed by atoms with E-state index in [1.165, 1.54) is 22.3 Å². The first-order valence-electron chi connectivity index (χ1n) is 13.0. The summed E-state index contributed by atoms with van der Waals surface area (Å²) in [6, 6.07) is 34.9. The van der Waals surface area contributed by atoms with E-state index in [1.807, 2.05) is 6.92 Å². The molecule has 1 heterocycles. The highest BCUT2D eigenvalue weighted by atomic mass is 16.5. The van der Waals surface area contributed by atoms with Crippen molar-refractivity contribution in [3.63, 3.8) is 0 Å². The molecule has 2 aliphatic rings. The fraction of sp³-hybridized carbons (Fsp3) is 0.273. The Morgan fingerprint density at radius 3 is 1.81 bits per heavy atom. The van der Waals surface area contributed by atoms with Crippen LogP contribution in [-0.4, -0.2) is 20.8 Å². The van der Waals surface area contributed by atoms with Crippen molar-refractivity contribution in [2.45, 2.75) is 31.2 Å². The van der Waals surface area contributed by atoms with E-state index in [1.54, 1.807) is 14.2 Å². The van der Waals surface area contributed by atoms with Crippen LogP contribution in [0, 0.1) is 5.41 Å². The van der Waals surface area contributed by atoms with Crippen molar-refractivity contribution in [1.29, 1.82) is 0 Å². The van der Waals surface area contributed by atoms with Crippen LogP contribution in [0.25, 0.3) is 0 Å². The standard InChI is InChI=1S/C33H33NO3/c1-4-37-28-18-19-30-29(22-28)33(24-10-14-26(35-2)15-11-24,25-12-16-27(36-3)17-13-25)32(20-21-32)31(34-30)23-8-6-5-7-9-23/h5-19,22,31,34H,4,20-21H2,1-3H3. The van der Waals surface area contributed by atoms with Gasteiger partial charge in [0.1, 0.15) is 17.2 Å². The molecule has 188 valence electrons. The zero-order valence-corrected chi connectivity index (χ0v) is 21.7. The lowest BCUT2D eigenvalue weighted by molar-refractivity contribution is 0.283. The van der Waals surface area contributed by atoms with Gasteiger partial charge in [-0.05, 0) is 84.5 Å². The van der Waals surface area contributed by atoms with E-state index in [4.69, 9.17) is 14.2 Å². The number of fused-ring (bicyclic) bond motifs is 1. The molecule has 1 fully saturated rings. The third-order valence-electron chi connectivity index (χ3n) is 8.27. The molecule has 6 rings (SSSR count). The van der Waals surface area contributed by atoms with E-state index in [0.717, 1.165) is 35.8 Å². The van der Waals surface area contributed by atoms with Crippen molar-refractivity contribution < 1.29 is 14.2 Å². The van der Waals surface area contributed by atoms with Gasteiger partial charge in [-0.3, -0.25) is 0 Å². The molecule has 1 spiro atoms. The van der Waals surface area contributed by atoms with Gasteiger partial charge >= 0.3 is 0 Å². The van der Waals surface area contributed by atoms with Gasteiger partial charge in [0.25, 0.3) is 0 Å². The maximum Gasteiger partial charge on any atom is 0.119 e. The molecular formula is C33H33NO3. The smallest absolute Gasteiger partial charge is 0.119 e. The van der Waals surface area contributed by atoms with Crippen molar-refractivity contribution in [3.05, 3.63) is 119 Å². The first-order valence-corrected chi connectivity index (χ1v) is 13.0. The normalized spacial score (nSPS) is 18.4. The number of benzene rings is 4. The fourth-order valence-corrected chi connectivity index (χ4v) is 6.58. The van der Waals surface area contributed by atoms with Crippen LogP contribution in [0.3, 0.4) is 0 Å². The zero-order valence-electron chi connectivity index (χ0n) is 21.7. The van der Waals surface area contributed by atoms with Crippen molar-refractivity contribution in [3.8, 4) is 17.2 Å². The maximum absolute atomic E-state index is 6.04. The van der Waals surface area contributed by atoms with E-state index >= 15 is 0 Å². The molecule has 0 saturated heterocycles. The van der Waals surface area contributed by atoms with Crippen molar-refractivity contribution in [2.24, 2.45) is 5.41 Å². The van der Waals surface area contributed by atoms with Crippen LogP contribution in [0.15, 0.2) is 97.1 Å². The largest absolute Gasteiger partial charge is 0.497 e. The van der Waals surface area contributed by atoms with Crippen molar-refractivity contribution >= 4 is 5.69 Å². The summed E-state index contributed by atoms with van der Waals surface area (Å²) in [5.41, 5.74) is 5.75. The van der Waals surface area contributed by atoms with Crippen LogP contribution < -0.4 is 19.5 Å². The maximum atomic E-state index is 6.04. The predicted molar refractivity (Wildman–Crippen MR) is 148 cm³/mol. The molecule has 1 unspecified atom stereocenters. The highest BCUT2D eigenvalue weighted by Gasteiger charge is 2.68. The molecule has 1 aliphatic heterocycles. The summed E-state index contributed by atoms with van der Waals surface area (Å²) >= 11 is 0. The first-order chi connectivity index (χ1) is 18.2. The minimum Gasteiger partial charge on any atom is -0.497 e. The van der Waals surface area contributed by atoms with Gasteiger partial charge in [-0.2, -0.15) is 0 Å². The summed E-state index contributed by atoms with van der Waals surface area (Å²) < 4.78 is 17.2. The molecule has 1 atom stereocenters. The molecular weight excluding hydrogens is 458 g/mol. The second kappa shape index (κ2) is 9.19. The first kappa shape index (κ1) is 23.5. The van der Waals surface area contributed by atoms with Crippen LogP contribution in [0.1, 0.15) is 48.1 Å². The molecule has 37 heavy (non-hydrogen) atoms. The Hall–Kier alpha value is -3.92. The van der Waals surface area contributed by atoms with Gasteiger partial charge in [0, 0.05) is 11.1 Å². The summed E-state index contributed by atoms with van der Waals surface area (Å²) in [7, 11) is 3.44. The van der Waals surface area contributed by atoms with Crippen molar-refractivity contribution in [1.82, 2.24) is 0 Å². The monoisotopic (exact) mass is 491 g/mol. The molecule has 1 saturated carbocycles.